The fourth-order valence-electron chi connectivity index (χ4n) is 4.97. The summed E-state index contributed by atoms with van der Waals surface area (Å²) in [6, 6.07) is 22.2. The number of ether oxygens (including phenoxy) is 3. The Kier molecular flexibility index (Phi) is 8.30. The number of thioether (sulfide) groups is 1. The number of esters is 2. The van der Waals surface area contributed by atoms with E-state index in [9.17, 15) is 19.2 Å². The van der Waals surface area contributed by atoms with Crippen LogP contribution in [0.25, 0.3) is 0 Å². The van der Waals surface area contributed by atoms with Crippen molar-refractivity contribution in [2.24, 2.45) is 0 Å². The first-order valence-electron chi connectivity index (χ1n) is 12.8. The van der Waals surface area contributed by atoms with Crippen molar-refractivity contribution in [3.8, 4) is 0 Å². The number of hydrogen-bond acceptors (Lipinski definition) is 9. The van der Waals surface area contributed by atoms with Crippen molar-refractivity contribution in [1.29, 1.82) is 0 Å². The van der Waals surface area contributed by atoms with Gasteiger partial charge in [-0.1, -0.05) is 60.7 Å². The van der Waals surface area contributed by atoms with Crippen LogP contribution in [0.3, 0.4) is 0 Å². The molecule has 0 radical (unpaired) electrons. The molecule has 212 valence electrons. The number of hydrogen-bond donors (Lipinski definition) is 0. The van der Waals surface area contributed by atoms with Gasteiger partial charge in [0, 0.05) is 32.7 Å². The molecule has 0 N–H and O–H groups in total. The summed E-state index contributed by atoms with van der Waals surface area (Å²) in [7, 11) is 1.37. The monoisotopic (exact) mass is 592 g/mol. The molecule has 5 rings (SSSR count). The Balaban J connectivity index is 1.51. The van der Waals surface area contributed by atoms with Gasteiger partial charge in [0.1, 0.15) is 22.2 Å². The van der Waals surface area contributed by atoms with E-state index in [2.05, 4.69) is 0 Å². The molecule has 1 aromatic heterocycles. The van der Waals surface area contributed by atoms with E-state index in [1.807, 2.05) is 60.7 Å². The minimum absolute atomic E-state index is 0.207. The highest BCUT2D eigenvalue weighted by Crippen LogP contribution is 2.51. The van der Waals surface area contributed by atoms with Crippen LogP contribution in [-0.4, -0.2) is 58.7 Å². The summed E-state index contributed by atoms with van der Waals surface area (Å²) in [5.74, 6) is -1.97. The molecule has 2 aromatic carbocycles. The van der Waals surface area contributed by atoms with Gasteiger partial charge < -0.3 is 14.2 Å². The van der Waals surface area contributed by atoms with Crippen LogP contribution >= 0.6 is 23.1 Å². The first kappa shape index (κ1) is 28.6. The number of thiophene rings is 1. The zero-order valence-corrected chi connectivity index (χ0v) is 24.2. The molecule has 0 aliphatic carbocycles. The van der Waals surface area contributed by atoms with Crippen molar-refractivity contribution < 1.29 is 33.4 Å². The van der Waals surface area contributed by atoms with Gasteiger partial charge in [0.15, 0.2) is 6.10 Å². The number of β-lactam (4-membered cyclic amide) rings is 1. The second-order valence-electron chi connectivity index (χ2n) is 9.41. The van der Waals surface area contributed by atoms with Crippen LogP contribution in [-0.2, 0) is 33.4 Å². The molecule has 11 heteroatoms. The number of amides is 2. The fourth-order valence-corrected chi connectivity index (χ4v) is 7.29. The summed E-state index contributed by atoms with van der Waals surface area (Å²) in [4.78, 5) is 54.9. The molecule has 41 heavy (non-hydrogen) atoms. The number of nitrogens with zero attached hydrogens (tertiary/aromatic N) is 2. The summed E-state index contributed by atoms with van der Waals surface area (Å²) >= 11 is 2.41. The van der Waals surface area contributed by atoms with Gasteiger partial charge in [0.25, 0.3) is 11.6 Å². The summed E-state index contributed by atoms with van der Waals surface area (Å²) in [6.07, 6.45) is 0.802. The lowest BCUT2D eigenvalue weighted by molar-refractivity contribution is -0.182. The first-order chi connectivity index (χ1) is 19.8. The van der Waals surface area contributed by atoms with E-state index in [1.54, 1.807) is 17.5 Å². The smallest absolute Gasteiger partial charge is 0.324 e. The Morgan fingerprint density at radius 2 is 1.61 bits per heavy atom. The van der Waals surface area contributed by atoms with Crippen molar-refractivity contribution in [2.75, 3.05) is 18.6 Å². The standard InChI is InChI=1S/C30H28N2O7S2/c1-19(33)32(24-15-10-16-40-24)30(37-3)28(36)31-17-23(18-38-20(2)34)26(41-29(30)31)27(35)39-25(21-11-6-4-7-12-21)22-13-8-5-9-14-22/h4-17,25-26,29H,18H2,1-3H3/t26?,29-,30?/m1/s1. The van der Waals surface area contributed by atoms with E-state index >= 15 is 0 Å². The average molecular weight is 593 g/mol. The molecule has 0 spiro atoms. The molecule has 2 aliphatic rings. The lowest BCUT2D eigenvalue weighted by atomic mass is 9.98. The van der Waals surface area contributed by atoms with E-state index in [1.165, 1.54) is 48.3 Å². The number of fused-ring (bicyclic) bond motifs is 1. The highest BCUT2D eigenvalue weighted by atomic mass is 32.2. The molecule has 9 nitrogen and oxygen atoms in total. The Labute approximate surface area is 245 Å². The van der Waals surface area contributed by atoms with Crippen molar-refractivity contribution >= 4 is 51.9 Å². The van der Waals surface area contributed by atoms with Crippen LogP contribution < -0.4 is 4.90 Å². The third-order valence-corrected chi connectivity index (χ3v) is 9.24. The predicted octanol–water partition coefficient (Wildman–Crippen LogP) is 4.51. The maximum Gasteiger partial charge on any atom is 0.324 e. The van der Waals surface area contributed by atoms with Gasteiger partial charge in [0.2, 0.25) is 5.91 Å². The van der Waals surface area contributed by atoms with Gasteiger partial charge in [-0.05, 0) is 28.6 Å². The maximum absolute atomic E-state index is 14.0. The molecule has 2 unspecified atom stereocenters. The number of benzene rings is 2. The van der Waals surface area contributed by atoms with Gasteiger partial charge in [0.05, 0.1) is 0 Å². The van der Waals surface area contributed by atoms with Crippen molar-refractivity contribution in [2.45, 2.75) is 36.3 Å². The minimum Gasteiger partial charge on any atom is -0.461 e. The predicted molar refractivity (Wildman–Crippen MR) is 155 cm³/mol. The third-order valence-electron chi connectivity index (χ3n) is 6.81. The molecule has 2 amide bonds. The minimum atomic E-state index is -1.68. The Morgan fingerprint density at radius 3 is 2.12 bits per heavy atom. The van der Waals surface area contributed by atoms with E-state index in [-0.39, 0.29) is 12.5 Å². The largest absolute Gasteiger partial charge is 0.461 e. The molecule has 1 fully saturated rings. The average Bonchev–Trinajstić information content (AvgIpc) is 3.51. The van der Waals surface area contributed by atoms with Crippen LogP contribution in [0.1, 0.15) is 31.1 Å². The van der Waals surface area contributed by atoms with E-state index < -0.39 is 40.3 Å². The van der Waals surface area contributed by atoms with Crippen LogP contribution in [0.15, 0.2) is 89.9 Å². The van der Waals surface area contributed by atoms with Crippen molar-refractivity contribution in [1.82, 2.24) is 4.90 Å². The van der Waals surface area contributed by atoms with Crippen LogP contribution in [0.2, 0.25) is 0 Å². The van der Waals surface area contributed by atoms with E-state index in [0.29, 0.717) is 10.6 Å². The van der Waals surface area contributed by atoms with Crippen LogP contribution in [0, 0.1) is 0 Å². The molecule has 2 aliphatic heterocycles. The Morgan fingerprint density at radius 1 is 0.976 bits per heavy atom. The Bertz CT molecular complexity index is 1420. The number of carbonyl (C=O) groups is 4. The number of anilines is 1. The topological polar surface area (TPSA) is 102 Å². The van der Waals surface area contributed by atoms with Crippen LogP contribution in [0.4, 0.5) is 5.00 Å². The van der Waals surface area contributed by atoms with Gasteiger partial charge in [-0.25, -0.2) is 0 Å². The lowest BCUT2D eigenvalue weighted by Crippen LogP contribution is -2.80. The SMILES string of the molecule is COC1(N(C(C)=O)c2cccs2)C(=O)N2C=C(COC(C)=O)C(C(=O)OC(c3ccccc3)c3ccccc3)S[C@@H]21. The molecule has 1 saturated heterocycles. The second-order valence-corrected chi connectivity index (χ2v) is 11.5. The zero-order valence-electron chi connectivity index (χ0n) is 22.6. The van der Waals surface area contributed by atoms with Crippen LogP contribution in [0.5, 0.6) is 0 Å². The van der Waals surface area contributed by atoms with E-state index in [0.717, 1.165) is 22.9 Å². The normalized spacial score (nSPS) is 21.4. The number of carbonyl (C=O) groups excluding carboxylic acids is 4. The van der Waals surface area contributed by atoms with Crippen molar-refractivity contribution in [3.05, 3.63) is 101 Å². The molecular formula is C30H28N2O7S2. The van der Waals surface area contributed by atoms with Gasteiger partial charge in [-0.2, -0.15) is 0 Å². The fraction of sp³-hybridized carbons (Fsp3) is 0.267. The Hall–Kier alpha value is -3.93. The highest BCUT2D eigenvalue weighted by Gasteiger charge is 2.69. The molecule has 3 heterocycles. The zero-order chi connectivity index (χ0) is 29.1. The van der Waals surface area contributed by atoms with Gasteiger partial charge in [-0.3, -0.25) is 29.0 Å². The molecular weight excluding hydrogens is 564 g/mol. The van der Waals surface area contributed by atoms with E-state index in [4.69, 9.17) is 14.2 Å². The molecule has 3 atom stereocenters. The first-order valence-corrected chi connectivity index (χ1v) is 14.6. The van der Waals surface area contributed by atoms with Gasteiger partial charge >= 0.3 is 11.9 Å². The maximum atomic E-state index is 14.0. The van der Waals surface area contributed by atoms with Crippen molar-refractivity contribution in [3.63, 3.8) is 0 Å². The lowest BCUT2D eigenvalue weighted by Gasteiger charge is -2.58. The summed E-state index contributed by atoms with van der Waals surface area (Å²) in [5.41, 5.74) is 0.271. The summed E-state index contributed by atoms with van der Waals surface area (Å²) in [5, 5.41) is 0.616. The second kappa shape index (κ2) is 11.9. The number of methoxy groups -OCH3 is 1. The number of rotatable bonds is 9. The molecule has 0 bridgehead atoms. The highest BCUT2D eigenvalue weighted by molar-refractivity contribution is 8.01. The summed E-state index contributed by atoms with van der Waals surface area (Å²) in [6.45, 7) is 2.42. The molecule has 3 aromatic rings. The molecule has 0 saturated carbocycles. The third kappa shape index (κ3) is 5.28. The summed E-state index contributed by atoms with van der Waals surface area (Å²) < 4.78 is 17.2. The quantitative estimate of drug-likeness (QED) is 0.203. The van der Waals surface area contributed by atoms with Gasteiger partial charge in [-0.15, -0.1) is 23.1 Å².